The second-order valence-corrected chi connectivity index (χ2v) is 5.58. The van der Waals surface area contributed by atoms with Gasteiger partial charge < -0.3 is 15.3 Å². The molecule has 2 N–H and O–H groups in total. The van der Waals surface area contributed by atoms with Crippen molar-refractivity contribution in [3.8, 4) is 11.5 Å². The van der Waals surface area contributed by atoms with Gasteiger partial charge in [-0.05, 0) is 35.9 Å². The number of methoxy groups -OCH3 is 1. The Morgan fingerprint density at radius 3 is 2.36 bits per heavy atom. The number of hydrogen-bond donors (Lipinski definition) is 1. The van der Waals surface area contributed by atoms with Gasteiger partial charge >= 0.3 is 0 Å². The van der Waals surface area contributed by atoms with Crippen LogP contribution in [0, 0.1) is 0 Å². The summed E-state index contributed by atoms with van der Waals surface area (Å²) >= 11 is 18.1. The zero-order chi connectivity index (χ0) is 16.1. The van der Waals surface area contributed by atoms with Crippen molar-refractivity contribution < 1.29 is 9.47 Å². The second-order valence-electron chi connectivity index (χ2n) is 4.33. The number of nitrogens with zero attached hydrogens (tertiary/aromatic N) is 1. The van der Waals surface area contributed by atoms with Crippen molar-refractivity contribution in [1.29, 1.82) is 0 Å². The summed E-state index contributed by atoms with van der Waals surface area (Å²) in [6, 6.07) is 8.56. The number of ether oxygens (including phenoxy) is 2. The highest BCUT2D eigenvalue weighted by molar-refractivity contribution is 6.39. The maximum absolute atomic E-state index is 6.13. The highest BCUT2D eigenvalue weighted by atomic mass is 35.5. The summed E-state index contributed by atoms with van der Waals surface area (Å²) in [4.78, 5) is 0. The predicted molar refractivity (Wildman–Crippen MR) is 90.6 cm³/mol. The third-order valence-corrected chi connectivity index (χ3v) is 3.78. The molecule has 2 aromatic rings. The molecule has 4 nitrogen and oxygen atoms in total. The zero-order valence-corrected chi connectivity index (χ0v) is 13.9. The van der Waals surface area contributed by atoms with Gasteiger partial charge in [-0.1, -0.05) is 34.8 Å². The molecule has 0 fully saturated rings. The van der Waals surface area contributed by atoms with Crippen LogP contribution in [0.1, 0.15) is 11.1 Å². The number of hydrazone groups is 1. The highest BCUT2D eigenvalue weighted by Gasteiger charge is 2.11. The molecule has 7 heteroatoms. The van der Waals surface area contributed by atoms with Crippen LogP contribution >= 0.6 is 34.8 Å². The highest BCUT2D eigenvalue weighted by Crippen LogP contribution is 2.32. The van der Waals surface area contributed by atoms with Crippen molar-refractivity contribution in [2.24, 2.45) is 10.9 Å². The average molecular weight is 360 g/mol. The quantitative estimate of drug-likeness (QED) is 0.485. The average Bonchev–Trinajstić information content (AvgIpc) is 2.47. The Balaban J connectivity index is 2.21. The fourth-order valence-electron chi connectivity index (χ4n) is 1.83. The van der Waals surface area contributed by atoms with E-state index in [1.165, 1.54) is 6.21 Å². The standard InChI is InChI=1S/C15H13Cl3N2O2/c1-21-15-4-9(7-20-19)2-3-14(15)22-8-11-12(17)5-10(16)6-13(11)18/h2-7H,8,19H2,1H3. The molecule has 2 rings (SSSR count). The number of benzene rings is 2. The first-order chi connectivity index (χ1) is 10.5. The summed E-state index contributed by atoms with van der Waals surface area (Å²) in [5.41, 5.74) is 1.46. The number of halogens is 3. The van der Waals surface area contributed by atoms with Gasteiger partial charge in [-0.3, -0.25) is 0 Å². The van der Waals surface area contributed by atoms with Gasteiger partial charge in [0, 0.05) is 10.6 Å². The van der Waals surface area contributed by atoms with Crippen LogP contribution in [0.5, 0.6) is 11.5 Å². The van der Waals surface area contributed by atoms with Gasteiger partial charge in [-0.25, -0.2) is 0 Å². The lowest BCUT2D eigenvalue weighted by Crippen LogP contribution is -2.00. The van der Waals surface area contributed by atoms with Gasteiger partial charge in [0.1, 0.15) is 6.61 Å². The minimum Gasteiger partial charge on any atom is -0.493 e. The van der Waals surface area contributed by atoms with Crippen LogP contribution < -0.4 is 15.3 Å². The van der Waals surface area contributed by atoms with Crippen molar-refractivity contribution in [2.75, 3.05) is 7.11 Å². The molecule has 2 aromatic carbocycles. The minimum atomic E-state index is 0.190. The van der Waals surface area contributed by atoms with Crippen molar-refractivity contribution in [3.05, 3.63) is 56.5 Å². The van der Waals surface area contributed by atoms with Gasteiger partial charge in [-0.15, -0.1) is 0 Å². The Bertz CT molecular complexity index is 682. The normalized spacial score (nSPS) is 10.9. The zero-order valence-electron chi connectivity index (χ0n) is 11.6. The molecule has 0 unspecified atom stereocenters. The lowest BCUT2D eigenvalue weighted by atomic mass is 10.2. The van der Waals surface area contributed by atoms with Crippen LogP contribution in [0.25, 0.3) is 0 Å². The SMILES string of the molecule is COc1cc(C=NN)ccc1OCc1c(Cl)cc(Cl)cc1Cl. The molecule has 0 bridgehead atoms. The largest absolute Gasteiger partial charge is 0.493 e. The van der Waals surface area contributed by atoms with E-state index in [1.807, 2.05) is 0 Å². The Morgan fingerprint density at radius 1 is 1.09 bits per heavy atom. The van der Waals surface area contributed by atoms with Crippen LogP contribution in [-0.4, -0.2) is 13.3 Å². The second kappa shape index (κ2) is 7.58. The van der Waals surface area contributed by atoms with E-state index in [1.54, 1.807) is 37.4 Å². The monoisotopic (exact) mass is 358 g/mol. The van der Waals surface area contributed by atoms with E-state index >= 15 is 0 Å². The summed E-state index contributed by atoms with van der Waals surface area (Å²) in [5, 5.41) is 4.84. The number of nitrogens with two attached hydrogens (primary N) is 1. The van der Waals surface area contributed by atoms with Gasteiger partial charge in [0.15, 0.2) is 11.5 Å². The number of rotatable bonds is 5. The molecule has 0 radical (unpaired) electrons. The molecular formula is C15H13Cl3N2O2. The molecule has 0 heterocycles. The molecule has 0 atom stereocenters. The first-order valence-corrected chi connectivity index (χ1v) is 7.36. The van der Waals surface area contributed by atoms with E-state index in [0.29, 0.717) is 32.1 Å². The Hall–Kier alpha value is -1.62. The molecular weight excluding hydrogens is 347 g/mol. The fourth-order valence-corrected chi connectivity index (χ4v) is 2.76. The van der Waals surface area contributed by atoms with Crippen LogP contribution in [0.4, 0.5) is 0 Å². The smallest absolute Gasteiger partial charge is 0.161 e. The molecule has 22 heavy (non-hydrogen) atoms. The van der Waals surface area contributed by atoms with Gasteiger partial charge in [-0.2, -0.15) is 5.10 Å². The molecule has 0 saturated carbocycles. The van der Waals surface area contributed by atoms with E-state index in [9.17, 15) is 0 Å². The van der Waals surface area contributed by atoms with Gasteiger partial charge in [0.2, 0.25) is 0 Å². The summed E-state index contributed by atoms with van der Waals surface area (Å²) in [7, 11) is 1.55. The lowest BCUT2D eigenvalue weighted by molar-refractivity contribution is 0.284. The van der Waals surface area contributed by atoms with Gasteiger partial charge in [0.05, 0.1) is 23.4 Å². The molecule has 0 aliphatic rings. The Morgan fingerprint density at radius 2 is 1.77 bits per heavy atom. The Kier molecular flexibility index (Phi) is 5.77. The molecule has 0 spiro atoms. The molecule has 116 valence electrons. The first kappa shape index (κ1) is 16.7. The van der Waals surface area contributed by atoms with Gasteiger partial charge in [0.25, 0.3) is 0 Å². The summed E-state index contributed by atoms with van der Waals surface area (Å²) in [6.45, 7) is 0.190. The van der Waals surface area contributed by atoms with Crippen LogP contribution in [0.2, 0.25) is 15.1 Å². The van der Waals surface area contributed by atoms with Crippen molar-refractivity contribution in [3.63, 3.8) is 0 Å². The lowest BCUT2D eigenvalue weighted by Gasteiger charge is -2.13. The van der Waals surface area contributed by atoms with E-state index in [-0.39, 0.29) is 6.61 Å². The van der Waals surface area contributed by atoms with Crippen LogP contribution in [0.15, 0.2) is 35.4 Å². The van der Waals surface area contributed by atoms with Crippen molar-refractivity contribution in [1.82, 2.24) is 0 Å². The molecule has 0 aromatic heterocycles. The Labute approximate surface area is 143 Å². The number of hydrogen-bond acceptors (Lipinski definition) is 4. The van der Waals surface area contributed by atoms with E-state index in [2.05, 4.69) is 5.10 Å². The van der Waals surface area contributed by atoms with Crippen molar-refractivity contribution >= 4 is 41.0 Å². The topological polar surface area (TPSA) is 56.8 Å². The molecule has 0 aliphatic carbocycles. The van der Waals surface area contributed by atoms with E-state index in [0.717, 1.165) is 5.56 Å². The molecule has 0 saturated heterocycles. The summed E-state index contributed by atoms with van der Waals surface area (Å²) in [5.74, 6) is 6.24. The minimum absolute atomic E-state index is 0.190. The summed E-state index contributed by atoms with van der Waals surface area (Å²) < 4.78 is 11.0. The third kappa shape index (κ3) is 3.97. The van der Waals surface area contributed by atoms with E-state index in [4.69, 9.17) is 50.1 Å². The first-order valence-electron chi connectivity index (χ1n) is 6.22. The fraction of sp³-hybridized carbons (Fsp3) is 0.133. The molecule has 0 amide bonds. The van der Waals surface area contributed by atoms with Crippen LogP contribution in [0.3, 0.4) is 0 Å². The van der Waals surface area contributed by atoms with Crippen molar-refractivity contribution in [2.45, 2.75) is 6.61 Å². The molecule has 0 aliphatic heterocycles. The third-order valence-electron chi connectivity index (χ3n) is 2.89. The predicted octanol–water partition coefficient (Wildman–Crippen LogP) is 4.53. The van der Waals surface area contributed by atoms with E-state index < -0.39 is 0 Å². The summed E-state index contributed by atoms with van der Waals surface area (Å²) in [6.07, 6.45) is 1.51. The maximum Gasteiger partial charge on any atom is 0.161 e. The van der Waals surface area contributed by atoms with Crippen LogP contribution in [-0.2, 0) is 6.61 Å². The maximum atomic E-state index is 6.13.